The van der Waals surface area contributed by atoms with E-state index in [1.165, 1.54) is 11.3 Å². The van der Waals surface area contributed by atoms with Crippen molar-refractivity contribution in [2.75, 3.05) is 38.6 Å². The molecular formula is C20H25N3O2S. The summed E-state index contributed by atoms with van der Waals surface area (Å²) in [6.45, 7) is 3.09. The van der Waals surface area contributed by atoms with Crippen LogP contribution in [0.1, 0.15) is 5.56 Å². The van der Waals surface area contributed by atoms with E-state index in [2.05, 4.69) is 34.1 Å². The molecule has 0 bridgehead atoms. The molecule has 2 atom stereocenters. The third-order valence-electron chi connectivity index (χ3n) is 5.53. The van der Waals surface area contributed by atoms with Crippen LogP contribution in [0.15, 0.2) is 59.5 Å². The first kappa shape index (κ1) is 17.5. The van der Waals surface area contributed by atoms with E-state index >= 15 is 0 Å². The summed E-state index contributed by atoms with van der Waals surface area (Å²) in [5.41, 5.74) is 2.47. The molecule has 2 aliphatic heterocycles. The Morgan fingerprint density at radius 1 is 0.962 bits per heavy atom. The van der Waals surface area contributed by atoms with Gasteiger partial charge in [0.25, 0.3) is 0 Å². The van der Waals surface area contributed by atoms with Crippen molar-refractivity contribution in [3.8, 4) is 0 Å². The van der Waals surface area contributed by atoms with Gasteiger partial charge in [0.15, 0.2) is 0 Å². The molecule has 5 nitrogen and oxygen atoms in total. The molecule has 4 rings (SSSR count). The first-order valence-electron chi connectivity index (χ1n) is 9.00. The van der Waals surface area contributed by atoms with Gasteiger partial charge in [0.1, 0.15) is 0 Å². The highest BCUT2D eigenvalue weighted by Gasteiger charge is 2.48. The number of sulfonamides is 1. The first-order chi connectivity index (χ1) is 12.4. The number of hydrogen-bond acceptors (Lipinski definition) is 4. The lowest BCUT2D eigenvalue weighted by Gasteiger charge is -2.43. The van der Waals surface area contributed by atoms with Crippen LogP contribution in [0, 0.1) is 5.92 Å². The van der Waals surface area contributed by atoms with Crippen LogP contribution in [0.25, 0.3) is 0 Å². The lowest BCUT2D eigenvalue weighted by Crippen LogP contribution is -2.54. The fourth-order valence-electron chi connectivity index (χ4n) is 3.96. The highest BCUT2D eigenvalue weighted by atomic mass is 32.2. The van der Waals surface area contributed by atoms with E-state index in [4.69, 9.17) is 0 Å². The summed E-state index contributed by atoms with van der Waals surface area (Å²) in [7, 11) is 0.699. The second-order valence-electron chi connectivity index (χ2n) is 7.45. The highest BCUT2D eigenvalue weighted by Crippen LogP contribution is 2.36. The van der Waals surface area contributed by atoms with Gasteiger partial charge in [0, 0.05) is 57.9 Å². The van der Waals surface area contributed by atoms with Gasteiger partial charge in [-0.2, -0.15) is 4.31 Å². The Bertz CT molecular complexity index is 866. The van der Waals surface area contributed by atoms with Gasteiger partial charge in [-0.25, -0.2) is 8.42 Å². The van der Waals surface area contributed by atoms with Crippen LogP contribution in [0.4, 0.5) is 5.69 Å². The Morgan fingerprint density at radius 3 is 2.31 bits per heavy atom. The summed E-state index contributed by atoms with van der Waals surface area (Å²) >= 11 is 0. The molecule has 2 heterocycles. The smallest absolute Gasteiger partial charge is 0.243 e. The molecule has 26 heavy (non-hydrogen) atoms. The molecule has 6 heteroatoms. The SMILES string of the molecule is CN(C)c1ccc(CN2C[C@@H]3CN(S(=O)(=O)c4ccccc4)C[C@@H]32)cc1. The third-order valence-corrected chi connectivity index (χ3v) is 7.38. The number of fused-ring (bicyclic) bond motifs is 1. The molecule has 0 aliphatic carbocycles. The van der Waals surface area contributed by atoms with Crippen LogP contribution in [0.2, 0.25) is 0 Å². The first-order valence-corrected chi connectivity index (χ1v) is 10.4. The van der Waals surface area contributed by atoms with E-state index in [0.29, 0.717) is 29.9 Å². The zero-order chi connectivity index (χ0) is 18.3. The topological polar surface area (TPSA) is 43.9 Å². The molecular weight excluding hydrogens is 346 g/mol. The highest BCUT2D eigenvalue weighted by molar-refractivity contribution is 7.89. The van der Waals surface area contributed by atoms with Crippen molar-refractivity contribution in [2.45, 2.75) is 17.5 Å². The average Bonchev–Trinajstić information content (AvgIpc) is 2.98. The molecule has 0 spiro atoms. The van der Waals surface area contributed by atoms with E-state index in [1.807, 2.05) is 20.2 Å². The number of hydrogen-bond donors (Lipinski definition) is 0. The third kappa shape index (κ3) is 3.13. The van der Waals surface area contributed by atoms with Gasteiger partial charge in [0.05, 0.1) is 4.90 Å². The van der Waals surface area contributed by atoms with Gasteiger partial charge >= 0.3 is 0 Å². The van der Waals surface area contributed by atoms with Crippen LogP contribution in [-0.4, -0.2) is 57.4 Å². The molecule has 0 aromatic heterocycles. The number of nitrogens with zero attached hydrogens (tertiary/aromatic N) is 3. The maximum atomic E-state index is 12.8. The van der Waals surface area contributed by atoms with Crippen molar-refractivity contribution in [1.82, 2.24) is 9.21 Å². The maximum Gasteiger partial charge on any atom is 0.243 e. The second kappa shape index (κ2) is 6.68. The molecule has 0 amide bonds. The quantitative estimate of drug-likeness (QED) is 0.809. The summed E-state index contributed by atoms with van der Waals surface area (Å²) in [5, 5.41) is 0. The number of rotatable bonds is 5. The zero-order valence-electron chi connectivity index (χ0n) is 15.2. The Hall–Kier alpha value is -1.89. The Balaban J connectivity index is 1.41. The molecule has 0 radical (unpaired) electrons. The normalized spacial score (nSPS) is 23.5. The van der Waals surface area contributed by atoms with E-state index in [0.717, 1.165) is 13.1 Å². The molecule has 0 N–H and O–H groups in total. The molecule has 2 fully saturated rings. The Labute approximate surface area is 155 Å². The minimum absolute atomic E-state index is 0.335. The standard InChI is InChI=1S/C20H25N3O2S/c1-21(2)18-10-8-16(9-11-18)12-22-13-17-14-23(15-20(17)22)26(24,25)19-6-4-3-5-7-19/h3-11,17,20H,12-15H2,1-2H3/t17-,20+/m1/s1. The fourth-order valence-corrected chi connectivity index (χ4v) is 5.50. The summed E-state index contributed by atoms with van der Waals surface area (Å²) < 4.78 is 27.3. The predicted octanol–water partition coefficient (Wildman–Crippen LogP) is 2.26. The van der Waals surface area contributed by atoms with Crippen LogP contribution < -0.4 is 4.90 Å². The molecule has 0 unspecified atom stereocenters. The molecule has 2 aromatic rings. The van der Waals surface area contributed by atoms with Crippen molar-refractivity contribution in [2.24, 2.45) is 5.92 Å². The summed E-state index contributed by atoms with van der Waals surface area (Å²) in [6, 6.07) is 17.7. The van der Waals surface area contributed by atoms with Crippen LogP contribution >= 0.6 is 0 Å². The molecule has 2 aromatic carbocycles. The number of anilines is 1. The van der Waals surface area contributed by atoms with Gasteiger partial charge < -0.3 is 4.90 Å². The van der Waals surface area contributed by atoms with Crippen LogP contribution in [0.5, 0.6) is 0 Å². The minimum atomic E-state index is -3.37. The summed E-state index contributed by atoms with van der Waals surface area (Å²) in [4.78, 5) is 4.88. The number of likely N-dealkylation sites (tertiary alicyclic amines) is 1. The van der Waals surface area contributed by atoms with E-state index in [1.54, 1.807) is 28.6 Å². The number of benzene rings is 2. The van der Waals surface area contributed by atoms with Crippen LogP contribution in [-0.2, 0) is 16.6 Å². The molecule has 2 saturated heterocycles. The van der Waals surface area contributed by atoms with Crippen molar-refractivity contribution in [3.63, 3.8) is 0 Å². The van der Waals surface area contributed by atoms with Crippen LogP contribution in [0.3, 0.4) is 0 Å². The van der Waals surface area contributed by atoms with E-state index < -0.39 is 10.0 Å². The average molecular weight is 372 g/mol. The van der Waals surface area contributed by atoms with Gasteiger partial charge in [-0.1, -0.05) is 30.3 Å². The lowest BCUT2D eigenvalue weighted by atomic mass is 9.91. The fraction of sp³-hybridized carbons (Fsp3) is 0.400. The van der Waals surface area contributed by atoms with Gasteiger partial charge in [0.2, 0.25) is 10.0 Å². The summed E-state index contributed by atoms with van der Waals surface area (Å²) in [5.74, 6) is 0.453. The maximum absolute atomic E-state index is 12.8. The van der Waals surface area contributed by atoms with Crippen molar-refractivity contribution < 1.29 is 8.42 Å². The molecule has 138 valence electrons. The van der Waals surface area contributed by atoms with E-state index in [-0.39, 0.29) is 0 Å². The molecule has 0 saturated carbocycles. The van der Waals surface area contributed by atoms with Crippen molar-refractivity contribution >= 4 is 15.7 Å². The van der Waals surface area contributed by atoms with Crippen molar-refractivity contribution in [3.05, 3.63) is 60.2 Å². The van der Waals surface area contributed by atoms with Gasteiger partial charge in [-0.15, -0.1) is 0 Å². The monoisotopic (exact) mass is 371 g/mol. The van der Waals surface area contributed by atoms with Gasteiger partial charge in [-0.3, -0.25) is 4.90 Å². The zero-order valence-corrected chi connectivity index (χ0v) is 16.1. The van der Waals surface area contributed by atoms with E-state index in [9.17, 15) is 8.42 Å². The lowest BCUT2D eigenvalue weighted by molar-refractivity contribution is 0.0435. The summed E-state index contributed by atoms with van der Waals surface area (Å²) in [6.07, 6.45) is 0. The second-order valence-corrected chi connectivity index (χ2v) is 9.39. The van der Waals surface area contributed by atoms with Gasteiger partial charge in [-0.05, 0) is 29.8 Å². The largest absolute Gasteiger partial charge is 0.378 e. The molecule has 2 aliphatic rings. The minimum Gasteiger partial charge on any atom is -0.378 e. The van der Waals surface area contributed by atoms with Crippen molar-refractivity contribution in [1.29, 1.82) is 0 Å². The Kier molecular flexibility index (Phi) is 4.50. The predicted molar refractivity (Wildman–Crippen MR) is 104 cm³/mol. The Morgan fingerprint density at radius 2 is 1.65 bits per heavy atom.